The quantitative estimate of drug-likeness (QED) is 0.442. The Labute approximate surface area is 130 Å². The summed E-state index contributed by atoms with van der Waals surface area (Å²) >= 11 is 5.92. The largest absolute Gasteiger partial charge is 0.506 e. The molecule has 3 aromatic rings. The zero-order valence-electron chi connectivity index (χ0n) is 11.3. The molecule has 6 nitrogen and oxygen atoms in total. The Bertz CT molecular complexity index is 831. The van der Waals surface area contributed by atoms with Gasteiger partial charge < -0.3 is 10.3 Å². The number of halogens is 1. The lowest BCUT2D eigenvalue weighted by Crippen LogP contribution is -2.03. The average molecular weight is 315 g/mol. The van der Waals surface area contributed by atoms with Gasteiger partial charge in [-0.05, 0) is 18.2 Å². The second-order valence-corrected chi connectivity index (χ2v) is 4.93. The van der Waals surface area contributed by atoms with Crippen LogP contribution in [0.1, 0.15) is 11.3 Å². The highest BCUT2D eigenvalue weighted by atomic mass is 35.5. The van der Waals surface area contributed by atoms with Gasteiger partial charge in [0.15, 0.2) is 0 Å². The molecular weight excluding hydrogens is 304 g/mol. The van der Waals surface area contributed by atoms with E-state index in [0.717, 1.165) is 0 Å². The molecule has 0 fully saturated rings. The molecule has 0 aliphatic heterocycles. The summed E-state index contributed by atoms with van der Waals surface area (Å²) in [4.78, 5) is 0. The number of phenolic OH excluding ortho intramolecular Hbond substituents is 1. The van der Waals surface area contributed by atoms with E-state index in [1.165, 1.54) is 10.7 Å². The molecule has 0 saturated carbocycles. The fraction of sp³-hybridized carbons (Fsp3) is 0. The molecule has 2 aromatic carbocycles. The minimum absolute atomic E-state index is 0.0167. The standard InChI is InChI=1S/C15H11ClN4O2/c16-11-6-7-14(21)13(8-11)20-9-12(17-19-20)15(18-22)10-4-2-1-3-5-10/h1-9,21-22H/b18-15+. The first-order chi connectivity index (χ1) is 10.7. The van der Waals surface area contributed by atoms with Gasteiger partial charge in [-0.25, -0.2) is 4.68 Å². The molecule has 0 amide bonds. The van der Waals surface area contributed by atoms with Crippen molar-refractivity contribution in [2.45, 2.75) is 0 Å². The molecular formula is C15H11ClN4O2. The van der Waals surface area contributed by atoms with Gasteiger partial charge in [-0.3, -0.25) is 0 Å². The zero-order chi connectivity index (χ0) is 15.5. The summed E-state index contributed by atoms with van der Waals surface area (Å²) < 4.78 is 1.37. The first-order valence-corrected chi connectivity index (χ1v) is 6.76. The normalized spacial score (nSPS) is 11.6. The van der Waals surface area contributed by atoms with E-state index in [4.69, 9.17) is 11.6 Å². The highest BCUT2D eigenvalue weighted by Crippen LogP contribution is 2.24. The lowest BCUT2D eigenvalue weighted by atomic mass is 10.1. The molecule has 22 heavy (non-hydrogen) atoms. The first kappa shape index (κ1) is 14.1. The number of aromatic hydroxyl groups is 1. The van der Waals surface area contributed by atoms with Crippen molar-refractivity contribution in [3.8, 4) is 11.4 Å². The van der Waals surface area contributed by atoms with Gasteiger partial charge in [-0.15, -0.1) is 5.10 Å². The fourth-order valence-electron chi connectivity index (χ4n) is 2.02. The lowest BCUT2D eigenvalue weighted by molar-refractivity contribution is 0.319. The number of phenols is 1. The summed E-state index contributed by atoms with van der Waals surface area (Å²) in [5.41, 5.74) is 1.74. The van der Waals surface area contributed by atoms with Crippen LogP contribution in [-0.2, 0) is 0 Å². The molecule has 0 unspecified atom stereocenters. The molecule has 0 aliphatic carbocycles. The average Bonchev–Trinajstić information content (AvgIpc) is 3.01. The van der Waals surface area contributed by atoms with E-state index in [9.17, 15) is 10.3 Å². The smallest absolute Gasteiger partial charge is 0.141 e. The van der Waals surface area contributed by atoms with Crippen molar-refractivity contribution in [1.29, 1.82) is 0 Å². The van der Waals surface area contributed by atoms with Gasteiger partial charge in [0.25, 0.3) is 0 Å². The number of aromatic nitrogens is 3. The van der Waals surface area contributed by atoms with Gasteiger partial charge in [0, 0.05) is 10.6 Å². The van der Waals surface area contributed by atoms with Crippen LogP contribution in [0.4, 0.5) is 0 Å². The fourth-order valence-corrected chi connectivity index (χ4v) is 2.19. The minimum Gasteiger partial charge on any atom is -0.506 e. The van der Waals surface area contributed by atoms with Crippen LogP contribution >= 0.6 is 11.6 Å². The van der Waals surface area contributed by atoms with E-state index in [2.05, 4.69) is 15.5 Å². The predicted molar refractivity (Wildman–Crippen MR) is 81.9 cm³/mol. The third kappa shape index (κ3) is 2.64. The maximum atomic E-state index is 9.88. The van der Waals surface area contributed by atoms with E-state index >= 15 is 0 Å². The number of oxime groups is 1. The molecule has 1 aromatic heterocycles. The molecule has 0 bridgehead atoms. The van der Waals surface area contributed by atoms with Gasteiger partial charge in [-0.1, -0.05) is 52.3 Å². The van der Waals surface area contributed by atoms with Crippen LogP contribution in [-0.4, -0.2) is 31.0 Å². The van der Waals surface area contributed by atoms with Gasteiger partial charge in [-0.2, -0.15) is 0 Å². The molecule has 0 atom stereocenters. The van der Waals surface area contributed by atoms with Crippen LogP contribution < -0.4 is 0 Å². The van der Waals surface area contributed by atoms with E-state index in [-0.39, 0.29) is 11.5 Å². The van der Waals surface area contributed by atoms with Gasteiger partial charge >= 0.3 is 0 Å². The summed E-state index contributed by atoms with van der Waals surface area (Å²) in [5.74, 6) is 0.0167. The topological polar surface area (TPSA) is 83.5 Å². The van der Waals surface area contributed by atoms with Crippen molar-refractivity contribution >= 4 is 17.3 Å². The third-order valence-electron chi connectivity index (χ3n) is 3.07. The Morgan fingerprint density at radius 2 is 1.91 bits per heavy atom. The summed E-state index contributed by atoms with van der Waals surface area (Å²) in [7, 11) is 0. The maximum absolute atomic E-state index is 9.88. The van der Waals surface area contributed by atoms with Crippen LogP contribution in [0.15, 0.2) is 59.9 Å². The van der Waals surface area contributed by atoms with Crippen molar-refractivity contribution < 1.29 is 10.3 Å². The van der Waals surface area contributed by atoms with Crippen LogP contribution in [0.3, 0.4) is 0 Å². The van der Waals surface area contributed by atoms with Crippen LogP contribution in [0.25, 0.3) is 5.69 Å². The number of hydrogen-bond donors (Lipinski definition) is 2. The van der Waals surface area contributed by atoms with Crippen LogP contribution in [0.2, 0.25) is 5.02 Å². The molecule has 0 radical (unpaired) electrons. The van der Waals surface area contributed by atoms with Crippen molar-refractivity contribution in [2.75, 3.05) is 0 Å². The highest BCUT2D eigenvalue weighted by Gasteiger charge is 2.14. The van der Waals surface area contributed by atoms with E-state index in [1.807, 2.05) is 18.2 Å². The Hall–Kier alpha value is -2.86. The number of nitrogens with zero attached hydrogens (tertiary/aromatic N) is 4. The Morgan fingerprint density at radius 1 is 1.14 bits per heavy atom. The van der Waals surface area contributed by atoms with Crippen molar-refractivity contribution in [2.24, 2.45) is 5.16 Å². The zero-order valence-corrected chi connectivity index (χ0v) is 12.0. The number of rotatable bonds is 3. The van der Waals surface area contributed by atoms with Crippen molar-refractivity contribution in [3.63, 3.8) is 0 Å². The predicted octanol–water partition coefficient (Wildman–Crippen LogP) is 2.85. The SMILES string of the molecule is O/N=C(\c1ccccc1)c1cn(-c2cc(Cl)ccc2O)nn1. The summed E-state index contributed by atoms with van der Waals surface area (Å²) in [5, 5.41) is 30.8. The Balaban J connectivity index is 2.02. The van der Waals surface area contributed by atoms with Crippen LogP contribution in [0.5, 0.6) is 5.75 Å². The lowest BCUT2D eigenvalue weighted by Gasteiger charge is -2.03. The van der Waals surface area contributed by atoms with Crippen molar-refractivity contribution in [3.05, 3.63) is 71.0 Å². The molecule has 2 N–H and O–H groups in total. The van der Waals surface area contributed by atoms with Crippen molar-refractivity contribution in [1.82, 2.24) is 15.0 Å². The Morgan fingerprint density at radius 3 is 2.64 bits per heavy atom. The minimum atomic E-state index is 0.0167. The van der Waals surface area contributed by atoms with E-state index < -0.39 is 0 Å². The third-order valence-corrected chi connectivity index (χ3v) is 3.30. The molecule has 0 aliphatic rings. The molecule has 0 saturated heterocycles. The highest BCUT2D eigenvalue weighted by molar-refractivity contribution is 6.30. The monoisotopic (exact) mass is 314 g/mol. The second-order valence-electron chi connectivity index (χ2n) is 4.50. The molecule has 1 heterocycles. The summed E-state index contributed by atoms with van der Waals surface area (Å²) in [6, 6.07) is 13.7. The summed E-state index contributed by atoms with van der Waals surface area (Å²) in [6.07, 6.45) is 1.55. The Kier molecular flexibility index (Phi) is 3.76. The maximum Gasteiger partial charge on any atom is 0.141 e. The molecule has 3 rings (SSSR count). The van der Waals surface area contributed by atoms with Gasteiger partial charge in [0.05, 0.1) is 6.20 Å². The number of hydrogen-bond acceptors (Lipinski definition) is 5. The van der Waals surface area contributed by atoms with Gasteiger partial charge in [0.2, 0.25) is 0 Å². The van der Waals surface area contributed by atoms with E-state index in [1.54, 1.807) is 30.5 Å². The molecule has 110 valence electrons. The number of benzene rings is 2. The molecule has 0 spiro atoms. The van der Waals surface area contributed by atoms with Gasteiger partial charge in [0.1, 0.15) is 22.8 Å². The second kappa shape index (κ2) is 5.87. The first-order valence-electron chi connectivity index (χ1n) is 6.38. The summed E-state index contributed by atoms with van der Waals surface area (Å²) in [6.45, 7) is 0. The van der Waals surface area contributed by atoms with E-state index in [0.29, 0.717) is 22.0 Å². The molecule has 7 heteroatoms. The van der Waals surface area contributed by atoms with Crippen LogP contribution in [0, 0.1) is 0 Å².